The maximum atomic E-state index is 12.1. The Hall–Kier alpha value is -2.01. The Morgan fingerprint density at radius 1 is 1.29 bits per heavy atom. The van der Waals surface area contributed by atoms with Gasteiger partial charge in [0.05, 0.1) is 12.2 Å². The maximum absolute atomic E-state index is 12.1. The molecule has 5 heteroatoms. The minimum absolute atomic E-state index is 0.193. The highest BCUT2D eigenvalue weighted by atomic mass is 79.9. The van der Waals surface area contributed by atoms with Gasteiger partial charge in [0.2, 0.25) is 0 Å². The van der Waals surface area contributed by atoms with Crippen LogP contribution in [0.15, 0.2) is 46.9 Å². The first-order chi connectivity index (χ1) is 10.1. The van der Waals surface area contributed by atoms with Gasteiger partial charge in [-0.25, -0.2) is 0 Å². The van der Waals surface area contributed by atoms with Crippen molar-refractivity contribution in [2.24, 2.45) is 0 Å². The summed E-state index contributed by atoms with van der Waals surface area (Å²) in [6.45, 7) is 2.98. The zero-order valence-corrected chi connectivity index (χ0v) is 13.3. The molecule has 0 spiro atoms. The fourth-order valence-corrected chi connectivity index (χ4v) is 2.31. The Morgan fingerprint density at radius 3 is 2.81 bits per heavy atom. The molecule has 0 aliphatic heterocycles. The molecule has 0 aromatic heterocycles. The fraction of sp³-hybridized carbons (Fsp3) is 0.188. The number of carbonyl (C=O) groups is 1. The Morgan fingerprint density at radius 2 is 2.10 bits per heavy atom. The smallest absolute Gasteiger partial charge is 0.253 e. The van der Waals surface area contributed by atoms with Crippen molar-refractivity contribution in [2.45, 2.75) is 13.5 Å². The number of hydrogen-bond donors (Lipinski definition) is 2. The lowest BCUT2D eigenvalue weighted by molar-refractivity contribution is 0.0951. The molecule has 3 N–H and O–H groups in total. The summed E-state index contributed by atoms with van der Waals surface area (Å²) in [5, 5.41) is 2.86. The second kappa shape index (κ2) is 7.13. The maximum Gasteiger partial charge on any atom is 0.253 e. The van der Waals surface area contributed by atoms with Gasteiger partial charge in [-0.3, -0.25) is 4.79 Å². The second-order valence-electron chi connectivity index (χ2n) is 4.49. The van der Waals surface area contributed by atoms with E-state index in [0.717, 1.165) is 15.8 Å². The molecule has 0 radical (unpaired) electrons. The number of anilines is 1. The van der Waals surface area contributed by atoms with Crippen LogP contribution in [0.4, 0.5) is 5.69 Å². The van der Waals surface area contributed by atoms with Crippen LogP contribution in [0.2, 0.25) is 0 Å². The summed E-state index contributed by atoms with van der Waals surface area (Å²) in [6.07, 6.45) is 0. The SMILES string of the molecule is CCOc1cccc(CNC(=O)c2ccc(Br)cc2N)c1. The van der Waals surface area contributed by atoms with E-state index in [1.807, 2.05) is 31.2 Å². The summed E-state index contributed by atoms with van der Waals surface area (Å²) in [4.78, 5) is 12.1. The van der Waals surface area contributed by atoms with E-state index >= 15 is 0 Å². The van der Waals surface area contributed by atoms with Crippen molar-refractivity contribution in [2.75, 3.05) is 12.3 Å². The molecule has 4 nitrogen and oxygen atoms in total. The molecule has 0 saturated carbocycles. The molecule has 0 unspecified atom stereocenters. The number of rotatable bonds is 5. The van der Waals surface area contributed by atoms with Gasteiger partial charge in [0.15, 0.2) is 0 Å². The van der Waals surface area contributed by atoms with Crippen LogP contribution >= 0.6 is 15.9 Å². The quantitative estimate of drug-likeness (QED) is 0.814. The normalized spacial score (nSPS) is 10.2. The molecule has 2 aromatic carbocycles. The zero-order valence-electron chi connectivity index (χ0n) is 11.7. The lowest BCUT2D eigenvalue weighted by Crippen LogP contribution is -2.23. The minimum Gasteiger partial charge on any atom is -0.494 e. The van der Waals surface area contributed by atoms with E-state index in [0.29, 0.717) is 24.4 Å². The van der Waals surface area contributed by atoms with E-state index in [1.54, 1.807) is 18.2 Å². The first-order valence-electron chi connectivity index (χ1n) is 6.65. The van der Waals surface area contributed by atoms with E-state index in [-0.39, 0.29) is 5.91 Å². The average molecular weight is 349 g/mol. The summed E-state index contributed by atoms with van der Waals surface area (Å²) in [6, 6.07) is 12.8. The molecule has 0 aliphatic carbocycles. The van der Waals surface area contributed by atoms with Crippen LogP contribution in [0.1, 0.15) is 22.8 Å². The van der Waals surface area contributed by atoms with E-state index < -0.39 is 0 Å². The number of halogens is 1. The molecule has 21 heavy (non-hydrogen) atoms. The molecule has 0 aliphatic rings. The first-order valence-corrected chi connectivity index (χ1v) is 7.44. The van der Waals surface area contributed by atoms with Gasteiger partial charge in [0, 0.05) is 16.7 Å². The average Bonchev–Trinajstić information content (AvgIpc) is 2.45. The minimum atomic E-state index is -0.193. The summed E-state index contributed by atoms with van der Waals surface area (Å²) >= 11 is 3.32. The topological polar surface area (TPSA) is 64.3 Å². The lowest BCUT2D eigenvalue weighted by atomic mass is 10.1. The monoisotopic (exact) mass is 348 g/mol. The van der Waals surface area contributed by atoms with Gasteiger partial charge in [0.25, 0.3) is 5.91 Å². The number of nitrogens with one attached hydrogen (secondary N) is 1. The number of carbonyl (C=O) groups excluding carboxylic acids is 1. The van der Waals surface area contributed by atoms with Gasteiger partial charge in [0.1, 0.15) is 5.75 Å². The molecule has 0 saturated heterocycles. The summed E-state index contributed by atoms with van der Waals surface area (Å²) in [5.74, 6) is 0.606. The first kappa shape index (κ1) is 15.4. The Labute approximate surface area is 132 Å². The third-order valence-corrected chi connectivity index (χ3v) is 3.41. The molecule has 0 bridgehead atoms. The van der Waals surface area contributed by atoms with Crippen molar-refractivity contribution < 1.29 is 9.53 Å². The molecule has 2 rings (SSSR count). The molecule has 0 fully saturated rings. The van der Waals surface area contributed by atoms with Crippen LogP contribution in [-0.2, 0) is 6.54 Å². The molecular weight excluding hydrogens is 332 g/mol. The van der Waals surface area contributed by atoms with Gasteiger partial charge in [-0.2, -0.15) is 0 Å². The number of benzene rings is 2. The zero-order chi connectivity index (χ0) is 15.2. The Bertz CT molecular complexity index is 644. The Kier molecular flexibility index (Phi) is 5.22. The van der Waals surface area contributed by atoms with Crippen LogP contribution in [-0.4, -0.2) is 12.5 Å². The van der Waals surface area contributed by atoms with E-state index in [2.05, 4.69) is 21.2 Å². The van der Waals surface area contributed by atoms with Crippen LogP contribution in [0.5, 0.6) is 5.75 Å². The number of nitrogen functional groups attached to an aromatic ring is 1. The van der Waals surface area contributed by atoms with Crippen LogP contribution in [0.3, 0.4) is 0 Å². The van der Waals surface area contributed by atoms with Gasteiger partial charge < -0.3 is 15.8 Å². The lowest BCUT2D eigenvalue weighted by Gasteiger charge is -2.09. The van der Waals surface area contributed by atoms with Crippen molar-refractivity contribution in [3.05, 3.63) is 58.1 Å². The highest BCUT2D eigenvalue weighted by Crippen LogP contribution is 2.19. The van der Waals surface area contributed by atoms with Crippen molar-refractivity contribution in [3.63, 3.8) is 0 Å². The van der Waals surface area contributed by atoms with Gasteiger partial charge in [-0.05, 0) is 42.8 Å². The fourth-order valence-electron chi connectivity index (χ4n) is 1.93. The largest absolute Gasteiger partial charge is 0.494 e. The van der Waals surface area contributed by atoms with E-state index in [9.17, 15) is 4.79 Å². The van der Waals surface area contributed by atoms with Gasteiger partial charge >= 0.3 is 0 Å². The number of hydrogen-bond acceptors (Lipinski definition) is 3. The Balaban J connectivity index is 2.02. The third kappa shape index (κ3) is 4.23. The van der Waals surface area contributed by atoms with Crippen molar-refractivity contribution >= 4 is 27.5 Å². The number of nitrogens with two attached hydrogens (primary N) is 1. The molecule has 0 atom stereocenters. The van der Waals surface area contributed by atoms with E-state index in [4.69, 9.17) is 10.5 Å². The highest BCUT2D eigenvalue weighted by molar-refractivity contribution is 9.10. The van der Waals surface area contributed by atoms with Crippen molar-refractivity contribution in [3.8, 4) is 5.75 Å². The van der Waals surface area contributed by atoms with Gasteiger partial charge in [-0.1, -0.05) is 28.1 Å². The molecular formula is C16H17BrN2O2. The van der Waals surface area contributed by atoms with Crippen LogP contribution in [0.25, 0.3) is 0 Å². The number of ether oxygens (including phenoxy) is 1. The van der Waals surface area contributed by atoms with Crippen molar-refractivity contribution in [1.82, 2.24) is 5.32 Å². The second-order valence-corrected chi connectivity index (χ2v) is 5.41. The predicted molar refractivity (Wildman–Crippen MR) is 87.3 cm³/mol. The third-order valence-electron chi connectivity index (χ3n) is 2.92. The summed E-state index contributed by atoms with van der Waals surface area (Å²) < 4.78 is 6.28. The van der Waals surface area contributed by atoms with Crippen molar-refractivity contribution in [1.29, 1.82) is 0 Å². The molecule has 110 valence electrons. The molecule has 2 aromatic rings. The van der Waals surface area contributed by atoms with Crippen LogP contribution < -0.4 is 15.8 Å². The summed E-state index contributed by atoms with van der Waals surface area (Å²) in [5.41, 5.74) is 7.74. The van der Waals surface area contributed by atoms with E-state index in [1.165, 1.54) is 0 Å². The van der Waals surface area contributed by atoms with Gasteiger partial charge in [-0.15, -0.1) is 0 Å². The summed E-state index contributed by atoms with van der Waals surface area (Å²) in [7, 11) is 0. The molecule has 1 amide bonds. The highest BCUT2D eigenvalue weighted by Gasteiger charge is 2.09. The molecule has 0 heterocycles. The standard InChI is InChI=1S/C16H17BrN2O2/c1-2-21-13-5-3-4-11(8-13)10-19-16(20)14-7-6-12(17)9-15(14)18/h3-9H,2,10,18H2,1H3,(H,19,20). The predicted octanol–water partition coefficient (Wildman–Crippen LogP) is 3.36. The number of amides is 1. The van der Waals surface area contributed by atoms with Crippen LogP contribution in [0, 0.1) is 0 Å².